The molecule has 2 aromatic rings. The van der Waals surface area contributed by atoms with E-state index in [1.807, 2.05) is 0 Å². The largest absolute Gasteiger partial charge is 0.489 e. The van der Waals surface area contributed by atoms with Gasteiger partial charge in [-0.05, 0) is 41.1 Å². The molecule has 1 aromatic heterocycles. The molecule has 1 N–H and O–H groups in total. The van der Waals surface area contributed by atoms with Crippen molar-refractivity contribution in [2.24, 2.45) is 0 Å². The van der Waals surface area contributed by atoms with Crippen LogP contribution < -0.4 is 10.1 Å². The maximum absolute atomic E-state index is 13.4. The monoisotopic (exact) mass is 371 g/mol. The van der Waals surface area contributed by atoms with Crippen molar-refractivity contribution in [2.75, 3.05) is 0 Å². The van der Waals surface area contributed by atoms with Gasteiger partial charge >= 0.3 is 0 Å². The van der Waals surface area contributed by atoms with E-state index in [1.54, 1.807) is 23.5 Å². The van der Waals surface area contributed by atoms with Crippen molar-refractivity contribution in [3.05, 3.63) is 49.9 Å². The first-order chi connectivity index (χ1) is 9.95. The normalized spacial score (nSPS) is 11.1. The van der Waals surface area contributed by atoms with Crippen LogP contribution in [0.3, 0.4) is 0 Å². The summed E-state index contributed by atoms with van der Waals surface area (Å²) in [4.78, 5) is 2.54. The first-order valence-corrected chi connectivity index (χ1v) is 8.46. The van der Waals surface area contributed by atoms with Crippen LogP contribution in [0.1, 0.15) is 29.2 Å². The zero-order chi connectivity index (χ0) is 15.4. The Labute approximate surface area is 137 Å². The third kappa shape index (κ3) is 4.80. The maximum atomic E-state index is 13.4. The molecule has 1 heterocycles. The Bertz CT molecular complexity index is 612. The molecule has 114 valence electrons. The molecule has 0 fully saturated rings. The number of hydrogen-bond acceptors (Lipinski definition) is 3. The van der Waals surface area contributed by atoms with Gasteiger partial charge in [-0.1, -0.05) is 13.8 Å². The number of ether oxygens (including phenoxy) is 1. The molecule has 2 rings (SSSR count). The molecule has 0 saturated heterocycles. The minimum absolute atomic E-state index is 0.309. The molecule has 0 amide bonds. The molecule has 0 unspecified atom stereocenters. The fourth-order valence-corrected chi connectivity index (χ4v) is 3.10. The third-order valence-corrected chi connectivity index (χ3v) is 4.78. The van der Waals surface area contributed by atoms with Crippen molar-refractivity contribution in [2.45, 2.75) is 40.0 Å². The average Bonchev–Trinajstić information content (AvgIpc) is 2.78. The SMILES string of the molecule is Cc1sc(CNC(C)C)cc1COc1ccc(Br)c(F)c1. The van der Waals surface area contributed by atoms with Gasteiger partial charge in [0.15, 0.2) is 0 Å². The summed E-state index contributed by atoms with van der Waals surface area (Å²) in [6, 6.07) is 7.44. The first kappa shape index (κ1) is 16.5. The Morgan fingerprint density at radius 2 is 2.10 bits per heavy atom. The molecule has 0 saturated carbocycles. The standard InChI is InChI=1S/C16H19BrFNOS/c1-10(2)19-8-14-6-12(11(3)21-14)9-20-13-4-5-15(17)16(18)7-13/h4-7,10,19H,8-9H2,1-3H3. The number of thiophene rings is 1. The van der Waals surface area contributed by atoms with Gasteiger partial charge in [0.05, 0.1) is 4.47 Å². The second-order valence-corrected chi connectivity index (χ2v) is 7.39. The highest BCUT2D eigenvalue weighted by Crippen LogP contribution is 2.25. The van der Waals surface area contributed by atoms with E-state index in [9.17, 15) is 4.39 Å². The second kappa shape index (κ2) is 7.38. The van der Waals surface area contributed by atoms with Crippen molar-refractivity contribution < 1.29 is 9.13 Å². The molecule has 0 spiro atoms. The van der Waals surface area contributed by atoms with E-state index in [0.717, 1.165) is 12.1 Å². The average molecular weight is 372 g/mol. The van der Waals surface area contributed by atoms with Gasteiger partial charge in [-0.25, -0.2) is 4.39 Å². The van der Waals surface area contributed by atoms with Crippen molar-refractivity contribution in [1.82, 2.24) is 5.32 Å². The minimum atomic E-state index is -0.309. The second-order valence-electron chi connectivity index (χ2n) is 5.19. The Morgan fingerprint density at radius 3 is 2.76 bits per heavy atom. The van der Waals surface area contributed by atoms with Crippen molar-refractivity contribution in [3.8, 4) is 5.75 Å². The van der Waals surface area contributed by atoms with Gasteiger partial charge in [-0.3, -0.25) is 0 Å². The van der Waals surface area contributed by atoms with Crippen LogP contribution in [0.2, 0.25) is 0 Å². The lowest BCUT2D eigenvalue weighted by molar-refractivity contribution is 0.304. The van der Waals surface area contributed by atoms with Gasteiger partial charge < -0.3 is 10.1 Å². The van der Waals surface area contributed by atoms with Gasteiger partial charge in [-0.15, -0.1) is 11.3 Å². The fraction of sp³-hybridized carbons (Fsp3) is 0.375. The number of nitrogens with one attached hydrogen (secondary N) is 1. The van der Waals surface area contributed by atoms with Crippen LogP contribution in [0.4, 0.5) is 4.39 Å². The third-order valence-electron chi connectivity index (χ3n) is 3.04. The summed E-state index contributed by atoms with van der Waals surface area (Å²) < 4.78 is 19.6. The Kier molecular flexibility index (Phi) is 5.79. The van der Waals surface area contributed by atoms with Crippen LogP contribution >= 0.6 is 27.3 Å². The summed E-state index contributed by atoms with van der Waals surface area (Å²) in [5, 5.41) is 3.40. The van der Waals surface area contributed by atoms with E-state index in [0.29, 0.717) is 22.9 Å². The van der Waals surface area contributed by atoms with E-state index in [-0.39, 0.29) is 5.82 Å². The van der Waals surface area contributed by atoms with Crippen molar-refractivity contribution in [1.29, 1.82) is 0 Å². The summed E-state index contributed by atoms with van der Waals surface area (Å²) in [5.41, 5.74) is 1.16. The molecule has 0 aliphatic heterocycles. The van der Waals surface area contributed by atoms with Crippen LogP contribution in [0.25, 0.3) is 0 Å². The van der Waals surface area contributed by atoms with Crippen LogP contribution in [0, 0.1) is 12.7 Å². The van der Waals surface area contributed by atoms with E-state index in [2.05, 4.69) is 48.1 Å². The van der Waals surface area contributed by atoms with E-state index in [4.69, 9.17) is 4.74 Å². The first-order valence-electron chi connectivity index (χ1n) is 6.85. The van der Waals surface area contributed by atoms with Crippen LogP contribution in [-0.2, 0) is 13.2 Å². The number of aryl methyl sites for hydroxylation is 1. The lowest BCUT2D eigenvalue weighted by atomic mass is 10.2. The molecule has 0 bridgehead atoms. The highest BCUT2D eigenvalue weighted by Gasteiger charge is 2.08. The van der Waals surface area contributed by atoms with Crippen LogP contribution in [-0.4, -0.2) is 6.04 Å². The van der Waals surface area contributed by atoms with Gasteiger partial charge in [0, 0.05) is 34.0 Å². The highest BCUT2D eigenvalue weighted by atomic mass is 79.9. The molecule has 0 radical (unpaired) electrons. The zero-order valence-electron chi connectivity index (χ0n) is 12.4. The zero-order valence-corrected chi connectivity index (χ0v) is 14.8. The molecule has 5 heteroatoms. The van der Waals surface area contributed by atoms with Gasteiger partial charge in [-0.2, -0.15) is 0 Å². The van der Waals surface area contributed by atoms with Gasteiger partial charge in [0.1, 0.15) is 18.2 Å². The van der Waals surface area contributed by atoms with E-state index >= 15 is 0 Å². The molecule has 0 aliphatic rings. The molecule has 2 nitrogen and oxygen atoms in total. The summed E-state index contributed by atoms with van der Waals surface area (Å²) in [6.07, 6.45) is 0. The van der Waals surface area contributed by atoms with Crippen LogP contribution in [0.5, 0.6) is 5.75 Å². The van der Waals surface area contributed by atoms with E-state index < -0.39 is 0 Å². The molecular formula is C16H19BrFNOS. The molecular weight excluding hydrogens is 353 g/mol. The fourth-order valence-electron chi connectivity index (χ4n) is 1.85. The smallest absolute Gasteiger partial charge is 0.141 e. The lowest BCUT2D eigenvalue weighted by Gasteiger charge is -2.06. The number of halogens is 2. The van der Waals surface area contributed by atoms with Gasteiger partial charge in [0.2, 0.25) is 0 Å². The van der Waals surface area contributed by atoms with Gasteiger partial charge in [0.25, 0.3) is 0 Å². The predicted octanol–water partition coefficient (Wildman–Crippen LogP) is 5.04. The number of hydrogen-bond donors (Lipinski definition) is 1. The maximum Gasteiger partial charge on any atom is 0.141 e. The van der Waals surface area contributed by atoms with Crippen LogP contribution in [0.15, 0.2) is 28.7 Å². The molecule has 1 aromatic carbocycles. The molecule has 0 aliphatic carbocycles. The number of rotatable bonds is 6. The topological polar surface area (TPSA) is 21.3 Å². The lowest BCUT2D eigenvalue weighted by Crippen LogP contribution is -2.21. The van der Waals surface area contributed by atoms with Crippen molar-refractivity contribution in [3.63, 3.8) is 0 Å². The summed E-state index contributed by atoms with van der Waals surface area (Å²) in [6.45, 7) is 7.69. The summed E-state index contributed by atoms with van der Waals surface area (Å²) in [7, 11) is 0. The summed E-state index contributed by atoms with van der Waals surface area (Å²) in [5.74, 6) is 0.236. The predicted molar refractivity (Wildman–Crippen MR) is 89.5 cm³/mol. The van der Waals surface area contributed by atoms with E-state index in [1.165, 1.54) is 15.8 Å². The Hall–Kier alpha value is -0.910. The summed E-state index contributed by atoms with van der Waals surface area (Å²) >= 11 is 4.91. The quantitative estimate of drug-likeness (QED) is 0.768. The Balaban J connectivity index is 1.97. The number of benzene rings is 1. The molecule has 0 atom stereocenters. The highest BCUT2D eigenvalue weighted by molar-refractivity contribution is 9.10. The minimum Gasteiger partial charge on any atom is -0.489 e. The van der Waals surface area contributed by atoms with Crippen molar-refractivity contribution >= 4 is 27.3 Å². The Morgan fingerprint density at radius 1 is 1.33 bits per heavy atom. The molecule has 21 heavy (non-hydrogen) atoms.